The zero-order chi connectivity index (χ0) is 11.7. The quantitative estimate of drug-likeness (QED) is 0.847. The molecule has 0 aliphatic carbocycles. The summed E-state index contributed by atoms with van der Waals surface area (Å²) in [6.07, 6.45) is 2.49. The molecule has 0 spiro atoms. The van der Waals surface area contributed by atoms with E-state index in [1.54, 1.807) is 0 Å². The van der Waals surface area contributed by atoms with Crippen LogP contribution < -0.4 is 4.90 Å². The lowest BCUT2D eigenvalue weighted by molar-refractivity contribution is 0.785. The molecule has 1 aromatic rings. The minimum Gasteiger partial charge on any atom is -0.342 e. The van der Waals surface area contributed by atoms with E-state index in [2.05, 4.69) is 44.6 Å². The molecule has 2 rings (SSSR count). The molecule has 0 amide bonds. The smallest absolute Gasteiger partial charge is 0.204 e. The molecule has 1 fully saturated rings. The molecule has 0 saturated carbocycles. The van der Waals surface area contributed by atoms with E-state index in [4.69, 9.17) is 12.2 Å². The molecule has 2 heterocycles. The standard InChI is InChI=1S/C11H16BrN3S/c1-7(2)9-8(12)10(16)14-11(13-9)15-5-3-4-6-15/h7H,3-6H2,1-2H3,(H,13,14,16). The van der Waals surface area contributed by atoms with Crippen LogP contribution in [0.15, 0.2) is 4.47 Å². The van der Waals surface area contributed by atoms with E-state index < -0.39 is 0 Å². The van der Waals surface area contributed by atoms with Gasteiger partial charge in [0.05, 0.1) is 4.47 Å². The molecular formula is C11H16BrN3S. The monoisotopic (exact) mass is 301 g/mol. The Labute approximate surface area is 109 Å². The number of H-pyrrole nitrogens is 1. The molecule has 0 aromatic carbocycles. The first-order valence-electron chi connectivity index (χ1n) is 5.64. The third-order valence-electron chi connectivity index (χ3n) is 2.86. The van der Waals surface area contributed by atoms with Crippen LogP contribution in [0.5, 0.6) is 0 Å². The zero-order valence-electron chi connectivity index (χ0n) is 9.59. The highest BCUT2D eigenvalue weighted by Gasteiger charge is 2.17. The number of anilines is 1. The molecule has 0 bridgehead atoms. The van der Waals surface area contributed by atoms with Crippen LogP contribution in [0, 0.1) is 4.64 Å². The number of hydrogen-bond acceptors (Lipinski definition) is 3. The predicted molar refractivity (Wildman–Crippen MR) is 72.7 cm³/mol. The van der Waals surface area contributed by atoms with Crippen molar-refractivity contribution in [2.24, 2.45) is 0 Å². The summed E-state index contributed by atoms with van der Waals surface area (Å²) in [6.45, 7) is 6.47. The Bertz CT molecular complexity index is 435. The minimum absolute atomic E-state index is 0.417. The van der Waals surface area contributed by atoms with Crippen molar-refractivity contribution in [2.75, 3.05) is 18.0 Å². The van der Waals surface area contributed by atoms with Gasteiger partial charge in [0, 0.05) is 18.8 Å². The number of rotatable bonds is 2. The Kier molecular flexibility index (Phi) is 3.64. The van der Waals surface area contributed by atoms with Gasteiger partial charge in [-0.05, 0) is 34.7 Å². The van der Waals surface area contributed by atoms with Gasteiger partial charge < -0.3 is 9.88 Å². The zero-order valence-corrected chi connectivity index (χ0v) is 12.0. The fourth-order valence-corrected chi connectivity index (χ4v) is 2.78. The molecule has 1 aliphatic rings. The summed E-state index contributed by atoms with van der Waals surface area (Å²) in [7, 11) is 0. The number of nitrogens with zero attached hydrogens (tertiary/aromatic N) is 2. The lowest BCUT2D eigenvalue weighted by atomic mass is 10.1. The fourth-order valence-electron chi connectivity index (χ4n) is 1.94. The van der Waals surface area contributed by atoms with Crippen LogP contribution in [0.2, 0.25) is 0 Å². The van der Waals surface area contributed by atoms with Crippen LogP contribution in [-0.2, 0) is 0 Å². The van der Waals surface area contributed by atoms with Crippen LogP contribution in [0.25, 0.3) is 0 Å². The van der Waals surface area contributed by atoms with E-state index in [-0.39, 0.29) is 0 Å². The van der Waals surface area contributed by atoms with Crippen LogP contribution in [-0.4, -0.2) is 23.1 Å². The molecule has 1 saturated heterocycles. The molecule has 88 valence electrons. The van der Waals surface area contributed by atoms with Crippen molar-refractivity contribution in [3.8, 4) is 0 Å². The van der Waals surface area contributed by atoms with E-state index in [0.29, 0.717) is 10.6 Å². The van der Waals surface area contributed by atoms with Gasteiger partial charge in [-0.2, -0.15) is 0 Å². The van der Waals surface area contributed by atoms with Crippen molar-refractivity contribution < 1.29 is 0 Å². The molecular weight excluding hydrogens is 286 g/mol. The Morgan fingerprint density at radius 3 is 2.56 bits per heavy atom. The molecule has 0 radical (unpaired) electrons. The van der Waals surface area contributed by atoms with Gasteiger partial charge in [0.15, 0.2) is 0 Å². The fraction of sp³-hybridized carbons (Fsp3) is 0.636. The van der Waals surface area contributed by atoms with Gasteiger partial charge >= 0.3 is 0 Å². The van der Waals surface area contributed by atoms with Gasteiger partial charge in [0.1, 0.15) is 4.64 Å². The van der Waals surface area contributed by atoms with Gasteiger partial charge in [-0.1, -0.05) is 26.1 Å². The van der Waals surface area contributed by atoms with Crippen LogP contribution in [0.4, 0.5) is 5.95 Å². The Morgan fingerprint density at radius 2 is 2.00 bits per heavy atom. The van der Waals surface area contributed by atoms with Gasteiger partial charge in [-0.3, -0.25) is 0 Å². The third-order valence-corrected chi connectivity index (χ3v) is 4.22. The highest BCUT2D eigenvalue weighted by molar-refractivity contribution is 9.10. The van der Waals surface area contributed by atoms with E-state index in [9.17, 15) is 0 Å². The van der Waals surface area contributed by atoms with E-state index in [0.717, 1.165) is 29.2 Å². The number of halogens is 1. The van der Waals surface area contributed by atoms with Gasteiger partial charge in [-0.15, -0.1) is 0 Å². The van der Waals surface area contributed by atoms with Crippen molar-refractivity contribution in [2.45, 2.75) is 32.6 Å². The lowest BCUT2D eigenvalue weighted by Gasteiger charge is -2.19. The van der Waals surface area contributed by atoms with Crippen LogP contribution in [0.3, 0.4) is 0 Å². The first-order valence-corrected chi connectivity index (χ1v) is 6.84. The maximum absolute atomic E-state index is 5.28. The van der Waals surface area contributed by atoms with E-state index in [1.165, 1.54) is 12.8 Å². The predicted octanol–water partition coefficient (Wildman–Crippen LogP) is 3.63. The molecule has 0 unspecified atom stereocenters. The van der Waals surface area contributed by atoms with Gasteiger partial charge in [-0.25, -0.2) is 4.98 Å². The Balaban J connectivity index is 2.43. The van der Waals surface area contributed by atoms with E-state index >= 15 is 0 Å². The maximum atomic E-state index is 5.28. The molecule has 3 nitrogen and oxygen atoms in total. The molecule has 1 aromatic heterocycles. The molecule has 16 heavy (non-hydrogen) atoms. The summed E-state index contributed by atoms with van der Waals surface area (Å²) in [5.41, 5.74) is 1.14. The van der Waals surface area contributed by atoms with Crippen molar-refractivity contribution in [3.63, 3.8) is 0 Å². The minimum atomic E-state index is 0.417. The number of aromatic nitrogens is 2. The average Bonchev–Trinajstić information content (AvgIpc) is 2.74. The molecule has 1 N–H and O–H groups in total. The second-order valence-corrected chi connectivity index (χ2v) is 5.62. The molecule has 0 atom stereocenters. The number of aromatic amines is 1. The summed E-state index contributed by atoms with van der Waals surface area (Å²) in [5, 5.41) is 0. The summed E-state index contributed by atoms with van der Waals surface area (Å²) >= 11 is 8.79. The SMILES string of the molecule is CC(C)c1[nH]c(N2CCCC2)nc(=S)c1Br. The second kappa shape index (κ2) is 4.84. The molecule has 1 aliphatic heterocycles. The number of nitrogens with one attached hydrogen (secondary N) is 1. The summed E-state index contributed by atoms with van der Waals surface area (Å²) in [6, 6.07) is 0. The lowest BCUT2D eigenvalue weighted by Crippen LogP contribution is -2.21. The first kappa shape index (κ1) is 12.0. The van der Waals surface area contributed by atoms with Crippen molar-refractivity contribution in [1.29, 1.82) is 0 Å². The summed E-state index contributed by atoms with van der Waals surface area (Å²) < 4.78 is 1.59. The topological polar surface area (TPSA) is 31.9 Å². The molecule has 5 heteroatoms. The van der Waals surface area contributed by atoms with Crippen molar-refractivity contribution in [3.05, 3.63) is 14.8 Å². The summed E-state index contributed by atoms with van der Waals surface area (Å²) in [4.78, 5) is 10.1. The third kappa shape index (κ3) is 2.30. The highest BCUT2D eigenvalue weighted by Crippen LogP contribution is 2.26. The van der Waals surface area contributed by atoms with Gasteiger partial charge in [0.2, 0.25) is 5.95 Å². The van der Waals surface area contributed by atoms with Gasteiger partial charge in [0.25, 0.3) is 0 Å². The summed E-state index contributed by atoms with van der Waals surface area (Å²) in [5.74, 6) is 1.34. The normalized spacial score (nSPS) is 16.1. The second-order valence-electron chi connectivity index (χ2n) is 4.44. The highest BCUT2D eigenvalue weighted by atomic mass is 79.9. The number of hydrogen-bond donors (Lipinski definition) is 1. The van der Waals surface area contributed by atoms with Crippen molar-refractivity contribution >= 4 is 34.1 Å². The van der Waals surface area contributed by atoms with E-state index in [1.807, 2.05) is 0 Å². The maximum Gasteiger partial charge on any atom is 0.204 e. The average molecular weight is 302 g/mol. The first-order chi connectivity index (χ1) is 7.59. The Hall–Kier alpha value is -0.420. The van der Waals surface area contributed by atoms with Crippen molar-refractivity contribution in [1.82, 2.24) is 9.97 Å². The largest absolute Gasteiger partial charge is 0.342 e. The Morgan fingerprint density at radius 1 is 1.38 bits per heavy atom. The van der Waals surface area contributed by atoms with Crippen LogP contribution in [0.1, 0.15) is 38.3 Å². The van der Waals surface area contributed by atoms with Crippen LogP contribution >= 0.6 is 28.1 Å².